The fourth-order valence-electron chi connectivity index (χ4n) is 8.92. The Morgan fingerprint density at radius 3 is 2.78 bits per heavy atom. The monoisotopic (exact) mass is 663 g/mol. The van der Waals surface area contributed by atoms with Crippen molar-refractivity contribution in [3.8, 4) is 17.3 Å². The molecule has 5 atom stereocenters. The van der Waals surface area contributed by atoms with E-state index in [1.807, 2.05) is 0 Å². The highest BCUT2D eigenvalue weighted by molar-refractivity contribution is 6.35. The largest absolute Gasteiger partial charge is 0.461 e. The molecule has 246 valence electrons. The zero-order valence-electron chi connectivity index (χ0n) is 25.4. The molecule has 0 radical (unpaired) electrons. The molecule has 0 unspecified atom stereocenters. The average molecular weight is 664 g/mol. The van der Waals surface area contributed by atoms with E-state index in [1.54, 1.807) is 0 Å². The van der Waals surface area contributed by atoms with Crippen molar-refractivity contribution in [1.29, 1.82) is 0 Å². The van der Waals surface area contributed by atoms with E-state index in [9.17, 15) is 17.6 Å². The molecule has 2 bridgehead atoms. The van der Waals surface area contributed by atoms with Gasteiger partial charge in [-0.2, -0.15) is 23.1 Å². The number of nitrogens with one attached hydrogen (secondary N) is 1. The maximum absolute atomic E-state index is 17.0. The average Bonchev–Trinajstić information content (AvgIpc) is 3.64. The molecule has 14 heteroatoms. The van der Waals surface area contributed by atoms with E-state index in [1.165, 1.54) is 6.92 Å². The van der Waals surface area contributed by atoms with Gasteiger partial charge in [0.15, 0.2) is 5.82 Å². The van der Waals surface area contributed by atoms with E-state index >= 15 is 4.39 Å². The lowest BCUT2D eigenvalue weighted by Gasteiger charge is -2.43. The van der Waals surface area contributed by atoms with Crippen LogP contribution in [0.1, 0.15) is 61.6 Å². The third-order valence-corrected chi connectivity index (χ3v) is 11.2. The molecule has 4 fully saturated rings. The van der Waals surface area contributed by atoms with E-state index in [0.717, 1.165) is 44.7 Å². The Bertz CT molecular complexity index is 1740. The van der Waals surface area contributed by atoms with Crippen molar-refractivity contribution in [2.75, 3.05) is 36.9 Å². The van der Waals surface area contributed by atoms with Gasteiger partial charge in [-0.25, -0.2) is 13.8 Å². The van der Waals surface area contributed by atoms with Crippen LogP contribution in [0.4, 0.5) is 33.6 Å². The standard InChI is InChI=1S/C32H35ClF5N7O/c1-15-10-21(39)41-27(24(15)32(36,37)38)23-25(33)18-4-2-5-20-19-7-6-17(40-19)13-45(20)29-22(18)28(26(23)35)42-30(43-29)46-14-31-8-3-9-44(31)12-16(34)11-31/h10,16-17,19-20,40H,2-9,11-14H2,1H3,(H2,39,41)/t16-,17-,19+,20-,31+/m1/s1. The van der Waals surface area contributed by atoms with Gasteiger partial charge in [0.2, 0.25) is 0 Å². The number of nitrogens with zero attached hydrogens (tertiary/aromatic N) is 5. The number of ether oxygens (including phenoxy) is 1. The Labute approximate surface area is 267 Å². The summed E-state index contributed by atoms with van der Waals surface area (Å²) >= 11 is 6.94. The summed E-state index contributed by atoms with van der Waals surface area (Å²) in [5.41, 5.74) is 3.26. The third kappa shape index (κ3) is 4.70. The van der Waals surface area contributed by atoms with Gasteiger partial charge in [-0.3, -0.25) is 4.90 Å². The van der Waals surface area contributed by atoms with Crippen molar-refractivity contribution in [2.24, 2.45) is 0 Å². The fourth-order valence-corrected chi connectivity index (χ4v) is 9.28. The number of pyridine rings is 1. The minimum Gasteiger partial charge on any atom is -0.461 e. The van der Waals surface area contributed by atoms with E-state index in [2.05, 4.69) is 25.1 Å². The first-order chi connectivity index (χ1) is 21.9. The van der Waals surface area contributed by atoms with Crippen LogP contribution in [0.2, 0.25) is 5.02 Å². The number of halogens is 6. The van der Waals surface area contributed by atoms with Crippen LogP contribution in [0.25, 0.3) is 22.2 Å². The number of aromatic nitrogens is 3. The third-order valence-electron chi connectivity index (χ3n) is 10.8. The highest BCUT2D eigenvalue weighted by atomic mass is 35.5. The number of alkyl halides is 4. The number of rotatable bonds is 4. The molecule has 7 heterocycles. The number of nitrogen functional groups attached to an aromatic ring is 1. The summed E-state index contributed by atoms with van der Waals surface area (Å²) in [6, 6.07) is 1.55. The van der Waals surface area contributed by atoms with Gasteiger partial charge in [0.05, 0.1) is 32.8 Å². The number of hydrogen-bond donors (Lipinski definition) is 2. The van der Waals surface area contributed by atoms with Gasteiger partial charge in [-0.1, -0.05) is 11.6 Å². The van der Waals surface area contributed by atoms with Crippen LogP contribution < -0.4 is 20.7 Å². The molecule has 5 aliphatic heterocycles. The molecule has 0 amide bonds. The van der Waals surface area contributed by atoms with Gasteiger partial charge in [-0.05, 0) is 75.6 Å². The topological polar surface area (TPSA) is 92.4 Å². The van der Waals surface area contributed by atoms with Gasteiger partial charge >= 0.3 is 12.2 Å². The molecule has 8 rings (SSSR count). The van der Waals surface area contributed by atoms with Crippen molar-refractivity contribution in [3.63, 3.8) is 0 Å². The highest BCUT2D eigenvalue weighted by Crippen LogP contribution is 2.49. The van der Waals surface area contributed by atoms with Crippen LogP contribution in [-0.4, -0.2) is 75.9 Å². The Morgan fingerprint density at radius 2 is 1.98 bits per heavy atom. The van der Waals surface area contributed by atoms with E-state index in [0.29, 0.717) is 49.1 Å². The molecule has 5 aliphatic rings. The van der Waals surface area contributed by atoms with Crippen LogP contribution >= 0.6 is 11.6 Å². The minimum atomic E-state index is -4.85. The maximum Gasteiger partial charge on any atom is 0.418 e. The number of benzene rings is 1. The van der Waals surface area contributed by atoms with E-state index < -0.39 is 40.5 Å². The normalized spacial score (nSPS) is 29.2. The SMILES string of the molecule is Cc1cc(N)nc(-c2c(Cl)c3c4c(nc(OC[C@@]56CCCN5C[C@H](F)C6)nc4c2F)N2C[C@H]4CC[C@H](N4)[C@H]2CCC3)c1C(F)(F)F. The smallest absolute Gasteiger partial charge is 0.418 e. The zero-order valence-corrected chi connectivity index (χ0v) is 26.1. The maximum atomic E-state index is 17.0. The summed E-state index contributed by atoms with van der Waals surface area (Å²) in [6.45, 7) is 3.12. The Hall–Kier alpha value is -3.03. The van der Waals surface area contributed by atoms with Crippen molar-refractivity contribution in [1.82, 2.24) is 25.2 Å². The second-order valence-corrected chi connectivity index (χ2v) is 14.0. The van der Waals surface area contributed by atoms with Crippen molar-refractivity contribution in [3.05, 3.63) is 33.6 Å². The molecule has 3 aromatic rings. The van der Waals surface area contributed by atoms with Gasteiger partial charge in [0.25, 0.3) is 0 Å². The number of anilines is 2. The van der Waals surface area contributed by atoms with E-state index in [4.69, 9.17) is 27.1 Å². The lowest BCUT2D eigenvalue weighted by atomic mass is 9.90. The lowest BCUT2D eigenvalue weighted by molar-refractivity contribution is -0.137. The molecular formula is C32H35ClF5N7O. The van der Waals surface area contributed by atoms with Gasteiger partial charge < -0.3 is 20.7 Å². The summed E-state index contributed by atoms with van der Waals surface area (Å²) in [6.07, 6.45) is 0.0508. The highest BCUT2D eigenvalue weighted by Gasteiger charge is 2.50. The second-order valence-electron chi connectivity index (χ2n) is 13.6. The number of fused-ring (bicyclic) bond motifs is 6. The van der Waals surface area contributed by atoms with E-state index in [-0.39, 0.29) is 52.7 Å². The lowest BCUT2D eigenvalue weighted by Crippen LogP contribution is -2.58. The number of piperazine rings is 1. The minimum absolute atomic E-state index is 0.0838. The van der Waals surface area contributed by atoms with Gasteiger partial charge in [0.1, 0.15) is 29.9 Å². The van der Waals surface area contributed by atoms with Crippen LogP contribution in [0.5, 0.6) is 6.01 Å². The van der Waals surface area contributed by atoms with Crippen LogP contribution in [0.3, 0.4) is 0 Å². The van der Waals surface area contributed by atoms with Gasteiger partial charge in [-0.15, -0.1) is 0 Å². The zero-order chi connectivity index (χ0) is 32.1. The Morgan fingerprint density at radius 1 is 1.15 bits per heavy atom. The Balaban J connectivity index is 1.35. The van der Waals surface area contributed by atoms with Crippen LogP contribution in [-0.2, 0) is 12.6 Å². The first-order valence-electron chi connectivity index (χ1n) is 16.0. The summed E-state index contributed by atoms with van der Waals surface area (Å²) in [5, 5.41) is 3.93. The first kappa shape index (κ1) is 30.3. The van der Waals surface area contributed by atoms with Crippen LogP contribution in [0.15, 0.2) is 6.07 Å². The molecule has 0 aliphatic carbocycles. The molecule has 46 heavy (non-hydrogen) atoms. The van der Waals surface area contributed by atoms with Crippen molar-refractivity contribution < 1.29 is 26.7 Å². The molecule has 8 nitrogen and oxygen atoms in total. The van der Waals surface area contributed by atoms with Crippen molar-refractivity contribution in [2.45, 2.75) is 94.3 Å². The number of nitrogens with two attached hydrogens (primary N) is 1. The quantitative estimate of drug-likeness (QED) is 0.329. The fraction of sp³-hybridized carbons (Fsp3) is 0.594. The van der Waals surface area contributed by atoms with Crippen LogP contribution in [0, 0.1) is 12.7 Å². The first-order valence-corrected chi connectivity index (χ1v) is 16.4. The molecule has 4 saturated heterocycles. The predicted octanol–water partition coefficient (Wildman–Crippen LogP) is 5.99. The molecule has 0 spiro atoms. The van der Waals surface area contributed by atoms with Crippen molar-refractivity contribution >= 4 is 34.1 Å². The Kier molecular flexibility index (Phi) is 7.08. The molecule has 0 saturated carbocycles. The second kappa shape index (κ2) is 10.7. The summed E-state index contributed by atoms with van der Waals surface area (Å²) in [5.74, 6) is -0.761. The predicted molar refractivity (Wildman–Crippen MR) is 164 cm³/mol. The molecule has 1 aromatic carbocycles. The molecular weight excluding hydrogens is 629 g/mol. The van der Waals surface area contributed by atoms with Gasteiger partial charge in [0, 0.05) is 37.6 Å². The summed E-state index contributed by atoms with van der Waals surface area (Å²) in [4.78, 5) is 17.7. The summed E-state index contributed by atoms with van der Waals surface area (Å²) in [7, 11) is 0. The number of hydrogen-bond acceptors (Lipinski definition) is 8. The summed E-state index contributed by atoms with van der Waals surface area (Å²) < 4.78 is 81.1. The number of aryl methyl sites for hydroxylation is 2. The molecule has 3 N–H and O–H groups in total. The molecule has 2 aromatic heterocycles.